The van der Waals surface area contributed by atoms with E-state index in [0.29, 0.717) is 11.2 Å². The summed E-state index contributed by atoms with van der Waals surface area (Å²) in [6, 6.07) is 12.2. The van der Waals surface area contributed by atoms with Crippen molar-refractivity contribution < 1.29 is 0 Å². The summed E-state index contributed by atoms with van der Waals surface area (Å²) in [6.07, 6.45) is 0. The van der Waals surface area contributed by atoms with Crippen molar-refractivity contribution >= 4 is 55.7 Å². The van der Waals surface area contributed by atoms with Gasteiger partial charge in [-0.1, -0.05) is 30.0 Å². The SMILES string of the molecule is CCn1c(SC(C)c2nc3scc(-c4cccs4)c3c(=O)[nH]2)nc2ccccc21. The molecule has 5 rings (SSSR count). The lowest BCUT2D eigenvalue weighted by molar-refractivity contribution is 0.700. The van der Waals surface area contributed by atoms with Gasteiger partial charge in [0.1, 0.15) is 10.7 Å². The summed E-state index contributed by atoms with van der Waals surface area (Å²) < 4.78 is 2.20. The molecular weight excluding hydrogens is 420 g/mol. The summed E-state index contributed by atoms with van der Waals surface area (Å²) in [6.45, 7) is 5.02. The van der Waals surface area contributed by atoms with E-state index in [9.17, 15) is 4.79 Å². The maximum Gasteiger partial charge on any atom is 0.260 e. The van der Waals surface area contributed by atoms with Crippen molar-refractivity contribution in [3.63, 3.8) is 0 Å². The summed E-state index contributed by atoms with van der Waals surface area (Å²) in [7, 11) is 0. The molecule has 0 aliphatic rings. The summed E-state index contributed by atoms with van der Waals surface area (Å²) in [5.41, 5.74) is 3.00. The smallest absolute Gasteiger partial charge is 0.260 e. The Morgan fingerprint density at radius 1 is 1.17 bits per heavy atom. The molecule has 5 aromatic rings. The van der Waals surface area contributed by atoms with E-state index in [1.165, 1.54) is 11.3 Å². The second-order valence-electron chi connectivity index (χ2n) is 6.65. The average Bonchev–Trinajstić information content (AvgIpc) is 3.45. The second kappa shape index (κ2) is 7.44. The Hall–Kier alpha value is -2.42. The molecule has 0 aliphatic heterocycles. The minimum atomic E-state index is -0.0777. The number of aromatic nitrogens is 4. The van der Waals surface area contributed by atoms with Crippen LogP contribution >= 0.6 is 34.4 Å². The van der Waals surface area contributed by atoms with E-state index in [1.54, 1.807) is 23.1 Å². The lowest BCUT2D eigenvalue weighted by Crippen LogP contribution is -2.12. The van der Waals surface area contributed by atoms with Crippen LogP contribution in [0.1, 0.15) is 24.9 Å². The molecule has 0 radical (unpaired) electrons. The number of benzene rings is 1. The minimum Gasteiger partial charge on any atom is -0.319 e. The summed E-state index contributed by atoms with van der Waals surface area (Å²) >= 11 is 4.78. The van der Waals surface area contributed by atoms with Gasteiger partial charge in [-0.05, 0) is 37.4 Å². The van der Waals surface area contributed by atoms with Gasteiger partial charge in [0, 0.05) is 22.4 Å². The number of rotatable bonds is 5. The summed E-state index contributed by atoms with van der Waals surface area (Å²) in [5.74, 6) is 0.682. The Morgan fingerprint density at radius 3 is 2.83 bits per heavy atom. The highest BCUT2D eigenvalue weighted by Gasteiger charge is 2.19. The van der Waals surface area contributed by atoms with E-state index >= 15 is 0 Å². The van der Waals surface area contributed by atoms with Crippen molar-refractivity contribution in [3.05, 3.63) is 63.3 Å². The predicted molar refractivity (Wildman–Crippen MR) is 123 cm³/mol. The summed E-state index contributed by atoms with van der Waals surface area (Å²) in [5, 5.41) is 5.64. The van der Waals surface area contributed by atoms with Crippen LogP contribution in [0, 0.1) is 0 Å². The van der Waals surface area contributed by atoms with Crippen LogP contribution in [0.4, 0.5) is 0 Å². The van der Waals surface area contributed by atoms with Crippen molar-refractivity contribution in [3.8, 4) is 10.4 Å². The van der Waals surface area contributed by atoms with Crippen LogP contribution in [0.5, 0.6) is 0 Å². The molecule has 0 amide bonds. The molecule has 0 spiro atoms. The van der Waals surface area contributed by atoms with Gasteiger partial charge >= 0.3 is 0 Å². The number of aryl methyl sites for hydroxylation is 1. The van der Waals surface area contributed by atoms with E-state index in [0.717, 1.165) is 38.0 Å². The number of nitrogens with one attached hydrogen (secondary N) is 1. The first-order valence-electron chi connectivity index (χ1n) is 9.33. The highest BCUT2D eigenvalue weighted by atomic mass is 32.2. The van der Waals surface area contributed by atoms with Gasteiger partial charge in [-0.15, -0.1) is 22.7 Å². The number of thioether (sulfide) groups is 1. The zero-order valence-corrected chi connectivity index (χ0v) is 18.3. The molecule has 146 valence electrons. The largest absolute Gasteiger partial charge is 0.319 e. The average molecular weight is 439 g/mol. The molecule has 1 N–H and O–H groups in total. The fourth-order valence-corrected chi connectivity index (χ4v) is 6.25. The fourth-order valence-electron chi connectivity index (χ4n) is 3.43. The topological polar surface area (TPSA) is 63.6 Å². The number of thiophene rings is 2. The first-order valence-corrected chi connectivity index (χ1v) is 12.0. The standard InChI is InChI=1S/C21H18N4OS3/c1-3-25-15-8-5-4-7-14(15)22-21(25)29-12(2)18-23-19(26)17-13(11-28-20(17)24-18)16-9-6-10-27-16/h4-12H,3H2,1-2H3,(H,23,24,26). The number of para-hydroxylation sites is 2. The molecule has 5 nitrogen and oxygen atoms in total. The zero-order chi connectivity index (χ0) is 20.0. The second-order valence-corrected chi connectivity index (χ2v) is 9.76. The van der Waals surface area contributed by atoms with Crippen molar-refractivity contribution in [1.82, 2.24) is 19.5 Å². The molecule has 4 heterocycles. The van der Waals surface area contributed by atoms with Crippen LogP contribution in [0.2, 0.25) is 0 Å². The van der Waals surface area contributed by atoms with E-state index in [-0.39, 0.29) is 10.8 Å². The van der Waals surface area contributed by atoms with E-state index in [2.05, 4.69) is 29.5 Å². The number of H-pyrrole nitrogens is 1. The highest BCUT2D eigenvalue weighted by Crippen LogP contribution is 2.37. The van der Waals surface area contributed by atoms with Gasteiger partial charge in [0.25, 0.3) is 5.56 Å². The van der Waals surface area contributed by atoms with Crippen molar-refractivity contribution in [2.75, 3.05) is 0 Å². The van der Waals surface area contributed by atoms with Crippen LogP contribution in [-0.2, 0) is 6.54 Å². The molecule has 0 saturated carbocycles. The monoisotopic (exact) mass is 438 g/mol. The van der Waals surface area contributed by atoms with Gasteiger partial charge in [0.2, 0.25) is 0 Å². The molecule has 1 atom stereocenters. The zero-order valence-electron chi connectivity index (χ0n) is 15.9. The number of hydrogen-bond donors (Lipinski definition) is 1. The normalized spacial score (nSPS) is 12.8. The number of hydrogen-bond acceptors (Lipinski definition) is 6. The Kier molecular flexibility index (Phi) is 4.77. The van der Waals surface area contributed by atoms with Gasteiger partial charge in [-0.2, -0.15) is 0 Å². The first-order chi connectivity index (χ1) is 14.2. The van der Waals surface area contributed by atoms with Gasteiger partial charge in [0.05, 0.1) is 21.7 Å². The molecular formula is C21H18N4OS3. The highest BCUT2D eigenvalue weighted by molar-refractivity contribution is 7.99. The van der Waals surface area contributed by atoms with Gasteiger partial charge < -0.3 is 9.55 Å². The molecule has 8 heteroatoms. The fraction of sp³-hybridized carbons (Fsp3) is 0.190. The van der Waals surface area contributed by atoms with Crippen molar-refractivity contribution in [2.24, 2.45) is 0 Å². The van der Waals surface area contributed by atoms with Crippen molar-refractivity contribution in [1.29, 1.82) is 0 Å². The van der Waals surface area contributed by atoms with Crippen LogP contribution in [0.3, 0.4) is 0 Å². The summed E-state index contributed by atoms with van der Waals surface area (Å²) in [4.78, 5) is 27.3. The quantitative estimate of drug-likeness (QED) is 0.345. The van der Waals surface area contributed by atoms with E-state index in [1.807, 2.05) is 41.1 Å². The molecule has 0 saturated heterocycles. The number of nitrogens with zero attached hydrogens (tertiary/aromatic N) is 3. The Balaban J connectivity index is 1.52. The van der Waals surface area contributed by atoms with Crippen LogP contribution in [-0.4, -0.2) is 19.5 Å². The van der Waals surface area contributed by atoms with Crippen molar-refractivity contribution in [2.45, 2.75) is 30.8 Å². The number of imidazole rings is 1. The first kappa shape index (κ1) is 18.6. The van der Waals surface area contributed by atoms with Gasteiger partial charge in [-0.25, -0.2) is 9.97 Å². The van der Waals surface area contributed by atoms with Crippen LogP contribution in [0.15, 0.2) is 57.1 Å². The van der Waals surface area contributed by atoms with E-state index < -0.39 is 0 Å². The number of aromatic amines is 1. The Labute approximate surface area is 179 Å². The third-order valence-corrected chi connectivity index (χ3v) is 7.73. The molecule has 0 bridgehead atoms. The van der Waals surface area contributed by atoms with Gasteiger partial charge in [-0.3, -0.25) is 4.79 Å². The minimum absolute atomic E-state index is 0.0264. The molecule has 1 unspecified atom stereocenters. The Morgan fingerprint density at radius 2 is 2.03 bits per heavy atom. The predicted octanol–water partition coefficient (Wildman–Crippen LogP) is 5.94. The maximum atomic E-state index is 12.9. The molecule has 0 aliphatic carbocycles. The van der Waals surface area contributed by atoms with Gasteiger partial charge in [0.15, 0.2) is 5.16 Å². The lowest BCUT2D eigenvalue weighted by atomic mass is 10.2. The lowest BCUT2D eigenvalue weighted by Gasteiger charge is -2.11. The molecule has 1 aromatic carbocycles. The van der Waals surface area contributed by atoms with Crippen LogP contribution < -0.4 is 5.56 Å². The molecule has 4 aromatic heterocycles. The Bertz CT molecular complexity index is 1360. The third kappa shape index (κ3) is 3.21. The van der Waals surface area contributed by atoms with E-state index in [4.69, 9.17) is 9.97 Å². The third-order valence-electron chi connectivity index (χ3n) is 4.85. The molecule has 0 fully saturated rings. The van der Waals surface area contributed by atoms with Crippen LogP contribution in [0.25, 0.3) is 31.7 Å². The molecule has 29 heavy (non-hydrogen) atoms. The maximum absolute atomic E-state index is 12.9. The number of fused-ring (bicyclic) bond motifs is 2.